The molecule has 0 bridgehead atoms. The molecule has 2 aromatic rings. The molecule has 0 aromatic heterocycles. The maximum atomic E-state index is 12.9. The summed E-state index contributed by atoms with van der Waals surface area (Å²) in [5.74, 6) is 1.98. The van der Waals surface area contributed by atoms with Crippen molar-refractivity contribution in [1.29, 1.82) is 0 Å². The summed E-state index contributed by atoms with van der Waals surface area (Å²) in [7, 11) is 0. The number of nitrogens with one attached hydrogen (secondary N) is 2. The van der Waals surface area contributed by atoms with Crippen LogP contribution >= 0.6 is 0 Å². The smallest absolute Gasteiger partial charge is 0.416 e. The van der Waals surface area contributed by atoms with Gasteiger partial charge in [0, 0.05) is 12.1 Å². The first kappa shape index (κ1) is 28.2. The molecule has 0 aliphatic heterocycles. The molecule has 4 atom stereocenters. The molecule has 2 unspecified atom stereocenters. The number of halogens is 3. The summed E-state index contributed by atoms with van der Waals surface area (Å²) in [5.41, 5.74) is 4.63. The number of benzene rings is 2. The summed E-state index contributed by atoms with van der Waals surface area (Å²) in [6.45, 7) is 2.73. The minimum Gasteiger partial charge on any atom is -0.441 e. The molecule has 8 nitrogen and oxygen atoms in total. The first-order valence-electron chi connectivity index (χ1n) is 10.8. The molecule has 192 valence electrons. The number of anilines is 1. The van der Waals surface area contributed by atoms with Crippen molar-refractivity contribution in [2.75, 3.05) is 5.32 Å². The van der Waals surface area contributed by atoms with Gasteiger partial charge in [0.15, 0.2) is 0 Å². The van der Waals surface area contributed by atoms with E-state index in [1.807, 2.05) is 0 Å². The number of primary amides is 1. The average Bonchev–Trinajstić information content (AvgIpc) is 2.82. The average molecular weight is 505 g/mol. The minimum atomic E-state index is -4.60. The fraction of sp³-hybridized carbons (Fsp3) is 0.320. The summed E-state index contributed by atoms with van der Waals surface area (Å²) in [5, 5.41) is 15.3. The highest BCUT2D eigenvalue weighted by atomic mass is 19.4. The Morgan fingerprint density at radius 2 is 1.75 bits per heavy atom. The molecule has 2 aromatic carbocycles. The van der Waals surface area contributed by atoms with Crippen LogP contribution in [0.1, 0.15) is 37.5 Å². The van der Waals surface area contributed by atoms with E-state index in [4.69, 9.17) is 10.5 Å². The molecule has 36 heavy (non-hydrogen) atoms. The van der Waals surface area contributed by atoms with E-state index in [1.165, 1.54) is 19.9 Å². The van der Waals surface area contributed by atoms with E-state index in [1.54, 1.807) is 30.3 Å². The highest BCUT2D eigenvalue weighted by Gasteiger charge is 2.32. The fourth-order valence-corrected chi connectivity index (χ4v) is 3.26. The number of amides is 3. The normalized spacial score (nSPS) is 14.3. The number of nitrogens with two attached hydrogens (primary N) is 1. The summed E-state index contributed by atoms with van der Waals surface area (Å²) >= 11 is 0. The van der Waals surface area contributed by atoms with Gasteiger partial charge in [0.1, 0.15) is 18.1 Å². The Kier molecular flexibility index (Phi) is 9.87. The number of alkyl halides is 3. The molecule has 11 heteroatoms. The van der Waals surface area contributed by atoms with E-state index in [0.29, 0.717) is 5.56 Å². The maximum Gasteiger partial charge on any atom is 0.416 e. The van der Waals surface area contributed by atoms with Gasteiger partial charge in [-0.2, -0.15) is 13.2 Å². The quantitative estimate of drug-likeness (QED) is 0.307. The van der Waals surface area contributed by atoms with E-state index < -0.39 is 53.8 Å². The highest BCUT2D eigenvalue weighted by molar-refractivity contribution is 6.06. The monoisotopic (exact) mass is 505 g/mol. The van der Waals surface area contributed by atoms with Gasteiger partial charge >= 0.3 is 12.3 Å². The lowest BCUT2D eigenvalue weighted by atomic mass is 9.97. The first-order valence-corrected chi connectivity index (χ1v) is 10.8. The van der Waals surface area contributed by atoms with Crippen LogP contribution in [-0.2, 0) is 20.5 Å². The van der Waals surface area contributed by atoms with Crippen LogP contribution in [0.4, 0.5) is 23.7 Å². The molecule has 0 aliphatic rings. The Morgan fingerprint density at radius 1 is 1.08 bits per heavy atom. The number of rotatable bonds is 9. The van der Waals surface area contributed by atoms with Crippen LogP contribution in [0.5, 0.6) is 0 Å². The van der Waals surface area contributed by atoms with E-state index in [-0.39, 0.29) is 12.1 Å². The highest BCUT2D eigenvalue weighted by Crippen LogP contribution is 2.30. The fourth-order valence-electron chi connectivity index (χ4n) is 3.26. The van der Waals surface area contributed by atoms with Gasteiger partial charge in [-0.15, -0.1) is 5.92 Å². The van der Waals surface area contributed by atoms with Crippen LogP contribution in [0.25, 0.3) is 0 Å². The first-order chi connectivity index (χ1) is 16.9. The van der Waals surface area contributed by atoms with Crippen LogP contribution in [-0.4, -0.2) is 35.2 Å². The van der Waals surface area contributed by atoms with Gasteiger partial charge in [-0.1, -0.05) is 42.3 Å². The zero-order chi connectivity index (χ0) is 26.9. The number of aliphatic hydroxyl groups excluding tert-OH is 1. The number of carbonyl (C=O) groups excluding carboxylic acids is 3. The lowest BCUT2D eigenvalue weighted by Crippen LogP contribution is -2.48. The van der Waals surface area contributed by atoms with Crippen molar-refractivity contribution >= 4 is 23.6 Å². The van der Waals surface area contributed by atoms with Gasteiger partial charge in [-0.25, -0.2) is 4.79 Å². The second-order valence-electron chi connectivity index (χ2n) is 7.82. The third-order valence-electron chi connectivity index (χ3n) is 5.14. The van der Waals surface area contributed by atoms with Gasteiger partial charge in [-0.05, 0) is 37.6 Å². The molecule has 2 rings (SSSR count). The lowest BCUT2D eigenvalue weighted by Gasteiger charge is -2.27. The van der Waals surface area contributed by atoms with Crippen molar-refractivity contribution in [2.45, 2.75) is 44.7 Å². The molecule has 0 radical (unpaired) electrons. The van der Waals surface area contributed by atoms with Crippen LogP contribution in [0, 0.1) is 17.8 Å². The van der Waals surface area contributed by atoms with Gasteiger partial charge in [0.05, 0.1) is 11.6 Å². The molecule has 0 heterocycles. The maximum absolute atomic E-state index is 12.9. The predicted octanol–water partition coefficient (Wildman–Crippen LogP) is 3.38. The zero-order valence-electron chi connectivity index (χ0n) is 19.5. The molecular weight excluding hydrogens is 479 g/mol. The molecule has 0 fully saturated rings. The summed E-state index contributed by atoms with van der Waals surface area (Å²) in [4.78, 5) is 36.8. The molecule has 3 amide bonds. The Balaban J connectivity index is 2.18. The number of hydrogen-bond donors (Lipinski definition) is 4. The molecule has 0 spiro atoms. The lowest BCUT2D eigenvalue weighted by molar-refractivity contribution is -0.138. The number of hydrogen-bond acceptors (Lipinski definition) is 5. The van der Waals surface area contributed by atoms with Crippen LogP contribution in [0.3, 0.4) is 0 Å². The van der Waals surface area contributed by atoms with Crippen molar-refractivity contribution in [3.63, 3.8) is 0 Å². The van der Waals surface area contributed by atoms with Crippen molar-refractivity contribution in [3.8, 4) is 11.8 Å². The van der Waals surface area contributed by atoms with Gasteiger partial charge in [-0.3, -0.25) is 9.59 Å². The Bertz CT molecular complexity index is 1130. The summed E-state index contributed by atoms with van der Waals surface area (Å²) < 4.78 is 43.9. The second-order valence-corrected chi connectivity index (χ2v) is 7.82. The zero-order valence-corrected chi connectivity index (χ0v) is 19.5. The Morgan fingerprint density at radius 3 is 2.33 bits per heavy atom. The number of aliphatic hydroxyl groups is 1. The van der Waals surface area contributed by atoms with Gasteiger partial charge < -0.3 is 26.2 Å². The second kappa shape index (κ2) is 12.6. The van der Waals surface area contributed by atoms with E-state index >= 15 is 0 Å². The molecule has 0 aliphatic carbocycles. The van der Waals surface area contributed by atoms with Gasteiger partial charge in [0.25, 0.3) is 0 Å². The Labute approximate surface area is 206 Å². The largest absolute Gasteiger partial charge is 0.441 e. The third kappa shape index (κ3) is 8.32. The van der Waals surface area contributed by atoms with Crippen molar-refractivity contribution < 1.29 is 37.4 Å². The SMILES string of the molecule is CC#C[C@H](O)[C@H](CC(OC(N)=O)c1ccccc1)NC(=O)C(C)C(=O)Nc1cccc(C(F)(F)F)c1. The number of ether oxygens (including phenoxy) is 1. The molecule has 0 saturated heterocycles. The molecule has 0 saturated carbocycles. The van der Waals surface area contributed by atoms with Crippen molar-refractivity contribution in [1.82, 2.24) is 5.32 Å². The van der Waals surface area contributed by atoms with Gasteiger partial charge in [0.2, 0.25) is 11.8 Å². The van der Waals surface area contributed by atoms with Crippen molar-refractivity contribution in [3.05, 3.63) is 65.7 Å². The topological polar surface area (TPSA) is 131 Å². The van der Waals surface area contributed by atoms with E-state index in [2.05, 4.69) is 22.5 Å². The summed E-state index contributed by atoms with van der Waals surface area (Å²) in [6.07, 6.45) is -8.14. The molecular formula is C25H26F3N3O5. The van der Waals surface area contributed by atoms with Crippen LogP contribution in [0.15, 0.2) is 54.6 Å². The predicted molar refractivity (Wildman–Crippen MR) is 125 cm³/mol. The van der Waals surface area contributed by atoms with Crippen LogP contribution in [0.2, 0.25) is 0 Å². The Hall–Kier alpha value is -4.04. The van der Waals surface area contributed by atoms with Crippen molar-refractivity contribution in [2.24, 2.45) is 11.7 Å². The molecule has 5 N–H and O–H groups in total. The van der Waals surface area contributed by atoms with E-state index in [9.17, 15) is 32.7 Å². The van der Waals surface area contributed by atoms with Crippen LogP contribution < -0.4 is 16.4 Å². The van der Waals surface area contributed by atoms with E-state index in [0.717, 1.165) is 18.2 Å². The standard InChI is InChI=1S/C25H26F3N3O5/c1-3-8-20(32)19(14-21(36-24(29)35)16-9-5-4-6-10-16)31-23(34)15(2)22(33)30-18-12-7-11-17(13-18)25(26,27)28/h4-7,9-13,15,19-21,32H,14H2,1-2H3,(H2,29,35)(H,30,33)(H,31,34)/t15?,19-,20-,21?/m0/s1. The third-order valence-corrected chi connectivity index (χ3v) is 5.14. The number of carbonyl (C=O) groups is 3. The minimum absolute atomic E-state index is 0.128. The summed E-state index contributed by atoms with van der Waals surface area (Å²) in [6, 6.07) is 11.4.